The van der Waals surface area contributed by atoms with Gasteiger partial charge >= 0.3 is 18.5 Å². The average molecular weight is 429 g/mol. The number of nitrogens with zero attached hydrogens (tertiary/aromatic N) is 1. The third kappa shape index (κ3) is 4.61. The highest BCUT2D eigenvalue weighted by atomic mass is 127. The number of pyridine rings is 1. The Morgan fingerprint density at radius 1 is 1.29 bits per heavy atom. The molecule has 1 rings (SSSR count). The van der Waals surface area contributed by atoms with Gasteiger partial charge in [-0.15, -0.1) is 13.2 Å². The van der Waals surface area contributed by atoms with E-state index < -0.39 is 39.1 Å². The molecule has 11 heteroatoms. The Bertz CT molecular complexity index is 543. The van der Waals surface area contributed by atoms with Gasteiger partial charge in [-0.1, -0.05) is 0 Å². The molecule has 0 unspecified atom stereocenters. The predicted octanol–water partition coefficient (Wildman–Crippen LogP) is 3.78. The van der Waals surface area contributed by atoms with Crippen LogP contribution in [-0.2, 0) is 10.9 Å². The molecule has 0 atom stereocenters. The number of aromatic nitrogens is 1. The lowest BCUT2D eigenvalue weighted by Gasteiger charge is -2.17. The summed E-state index contributed by atoms with van der Waals surface area (Å²) < 4.78 is 81.8. The molecular formula is C10H6F6INO3. The minimum absolute atomic E-state index is 0.179. The summed E-state index contributed by atoms with van der Waals surface area (Å²) in [7, 11) is 0. The molecule has 0 fully saturated rings. The summed E-state index contributed by atoms with van der Waals surface area (Å²) in [5, 5.41) is 0. The molecule has 0 radical (unpaired) electrons. The molecule has 0 N–H and O–H groups in total. The lowest BCUT2D eigenvalue weighted by molar-refractivity contribution is -0.275. The van der Waals surface area contributed by atoms with Crippen molar-refractivity contribution in [2.75, 3.05) is 6.61 Å². The summed E-state index contributed by atoms with van der Waals surface area (Å²) in [6.45, 7) is 1.20. The van der Waals surface area contributed by atoms with E-state index >= 15 is 0 Å². The fourth-order valence-electron chi connectivity index (χ4n) is 1.24. The van der Waals surface area contributed by atoms with Crippen LogP contribution < -0.4 is 4.74 Å². The van der Waals surface area contributed by atoms with Gasteiger partial charge in [-0.3, -0.25) is 0 Å². The average Bonchev–Trinajstić information content (AvgIpc) is 2.28. The first-order chi connectivity index (χ1) is 9.47. The third-order valence-corrected chi connectivity index (χ3v) is 2.96. The number of alkyl halides is 6. The zero-order valence-electron chi connectivity index (χ0n) is 10.1. The fourth-order valence-corrected chi connectivity index (χ4v) is 2.08. The fraction of sp³-hybridized carbons (Fsp3) is 0.400. The van der Waals surface area contributed by atoms with Gasteiger partial charge in [0.2, 0.25) is 0 Å². The van der Waals surface area contributed by atoms with E-state index in [1.807, 2.05) is 0 Å². The topological polar surface area (TPSA) is 48.4 Å². The van der Waals surface area contributed by atoms with E-state index in [4.69, 9.17) is 0 Å². The van der Waals surface area contributed by atoms with Crippen LogP contribution >= 0.6 is 22.6 Å². The van der Waals surface area contributed by atoms with E-state index in [1.54, 1.807) is 0 Å². The molecule has 21 heavy (non-hydrogen) atoms. The first-order valence-corrected chi connectivity index (χ1v) is 6.23. The summed E-state index contributed by atoms with van der Waals surface area (Å²) >= 11 is 0.978. The van der Waals surface area contributed by atoms with Crippen LogP contribution in [0.15, 0.2) is 6.20 Å². The minimum atomic E-state index is -5.27. The zero-order valence-corrected chi connectivity index (χ0v) is 12.3. The maximum Gasteiger partial charge on any atom is 0.573 e. The van der Waals surface area contributed by atoms with Crippen molar-refractivity contribution in [2.45, 2.75) is 19.5 Å². The van der Waals surface area contributed by atoms with Crippen molar-refractivity contribution in [1.29, 1.82) is 0 Å². The second-order valence-corrected chi connectivity index (χ2v) is 4.51. The van der Waals surface area contributed by atoms with Crippen LogP contribution in [0.2, 0.25) is 0 Å². The Labute approximate surface area is 127 Å². The lowest BCUT2D eigenvalue weighted by atomic mass is 10.2. The van der Waals surface area contributed by atoms with Crippen LogP contribution in [0.5, 0.6) is 5.75 Å². The Kier molecular flexibility index (Phi) is 5.28. The first-order valence-electron chi connectivity index (χ1n) is 5.16. The highest BCUT2D eigenvalue weighted by Gasteiger charge is 2.41. The largest absolute Gasteiger partial charge is 0.573 e. The Morgan fingerprint density at radius 3 is 2.29 bits per heavy atom. The summed E-state index contributed by atoms with van der Waals surface area (Å²) in [4.78, 5) is 14.4. The number of ether oxygens (including phenoxy) is 2. The van der Waals surface area contributed by atoms with Crippen LogP contribution in [-0.4, -0.2) is 23.9 Å². The van der Waals surface area contributed by atoms with Gasteiger partial charge in [-0.25, -0.2) is 9.78 Å². The molecule has 0 saturated carbocycles. The highest BCUT2D eigenvalue weighted by Crippen LogP contribution is 2.39. The number of carbonyl (C=O) groups excluding carboxylic acids is 1. The van der Waals surface area contributed by atoms with E-state index in [0.29, 0.717) is 6.20 Å². The molecule has 0 bridgehead atoms. The van der Waals surface area contributed by atoms with Crippen molar-refractivity contribution in [2.24, 2.45) is 0 Å². The van der Waals surface area contributed by atoms with Gasteiger partial charge in [-0.05, 0) is 29.5 Å². The Hall–Kier alpha value is -1.27. The van der Waals surface area contributed by atoms with E-state index in [-0.39, 0.29) is 6.61 Å². The molecule has 0 amide bonds. The lowest BCUT2D eigenvalue weighted by Crippen LogP contribution is -2.23. The summed E-state index contributed by atoms with van der Waals surface area (Å²) in [6.07, 6.45) is -9.93. The molecular weight excluding hydrogens is 423 g/mol. The van der Waals surface area contributed by atoms with E-state index in [0.717, 1.165) is 22.6 Å². The smallest absolute Gasteiger partial charge is 0.462 e. The maximum absolute atomic E-state index is 12.6. The second kappa shape index (κ2) is 6.23. The Morgan fingerprint density at radius 2 is 1.86 bits per heavy atom. The highest BCUT2D eigenvalue weighted by molar-refractivity contribution is 14.1. The van der Waals surface area contributed by atoms with E-state index in [9.17, 15) is 31.1 Å². The van der Waals surface area contributed by atoms with Crippen LogP contribution in [0.3, 0.4) is 0 Å². The van der Waals surface area contributed by atoms with E-state index in [2.05, 4.69) is 14.5 Å². The number of carbonyl (C=O) groups is 1. The van der Waals surface area contributed by atoms with Crippen LogP contribution in [0.4, 0.5) is 26.3 Å². The number of hydrogen-bond acceptors (Lipinski definition) is 4. The van der Waals surface area contributed by atoms with Crippen molar-refractivity contribution >= 4 is 28.6 Å². The monoisotopic (exact) mass is 429 g/mol. The predicted molar refractivity (Wildman–Crippen MR) is 64.6 cm³/mol. The van der Waals surface area contributed by atoms with Crippen molar-refractivity contribution in [3.8, 4) is 5.75 Å². The molecule has 1 aromatic rings. The SMILES string of the molecule is CCOC(=O)c1cnc(C(F)(F)F)c(I)c1OC(F)(F)F. The molecule has 0 saturated heterocycles. The van der Waals surface area contributed by atoms with Gasteiger partial charge < -0.3 is 9.47 Å². The van der Waals surface area contributed by atoms with Crippen LogP contribution in [0, 0.1) is 3.57 Å². The number of rotatable bonds is 3. The van der Waals surface area contributed by atoms with Gasteiger partial charge in [0, 0.05) is 6.20 Å². The summed E-state index contributed by atoms with van der Waals surface area (Å²) in [6, 6.07) is 0. The molecule has 0 aromatic carbocycles. The molecule has 0 spiro atoms. The van der Waals surface area contributed by atoms with Crippen molar-refractivity contribution in [1.82, 2.24) is 4.98 Å². The van der Waals surface area contributed by atoms with Crippen LogP contribution in [0.25, 0.3) is 0 Å². The standard InChI is InChI=1S/C10H6F6INO3/c1-2-20-8(19)4-3-18-7(9(11,12)13)5(17)6(4)21-10(14,15)16/h3H,2H2,1H3. The molecule has 4 nitrogen and oxygen atoms in total. The summed E-state index contributed by atoms with van der Waals surface area (Å²) in [5.41, 5.74) is -2.43. The quantitative estimate of drug-likeness (QED) is 0.417. The Balaban J connectivity index is 3.46. The van der Waals surface area contributed by atoms with Gasteiger partial charge in [0.05, 0.1) is 10.2 Å². The number of halogens is 7. The third-order valence-electron chi connectivity index (χ3n) is 1.96. The van der Waals surface area contributed by atoms with Crippen molar-refractivity contribution < 1.29 is 40.6 Å². The minimum Gasteiger partial charge on any atom is -0.462 e. The second-order valence-electron chi connectivity index (χ2n) is 3.43. The van der Waals surface area contributed by atoms with Crippen molar-refractivity contribution in [3.63, 3.8) is 0 Å². The van der Waals surface area contributed by atoms with Gasteiger partial charge in [0.1, 0.15) is 5.56 Å². The first kappa shape index (κ1) is 17.8. The molecule has 0 aliphatic heterocycles. The maximum atomic E-state index is 12.6. The number of hydrogen-bond donors (Lipinski definition) is 0. The number of esters is 1. The normalized spacial score (nSPS) is 12.2. The summed E-state index contributed by atoms with van der Waals surface area (Å²) in [5.74, 6) is -2.56. The van der Waals surface area contributed by atoms with E-state index in [1.165, 1.54) is 6.92 Å². The molecule has 1 heterocycles. The molecule has 1 aromatic heterocycles. The molecule has 0 aliphatic rings. The molecule has 0 aliphatic carbocycles. The van der Waals surface area contributed by atoms with Crippen LogP contribution in [0.1, 0.15) is 23.0 Å². The van der Waals surface area contributed by atoms with Gasteiger partial charge in [0.25, 0.3) is 0 Å². The van der Waals surface area contributed by atoms with Gasteiger partial charge in [0.15, 0.2) is 11.4 Å². The molecule has 118 valence electrons. The van der Waals surface area contributed by atoms with Crippen molar-refractivity contribution in [3.05, 3.63) is 21.0 Å². The van der Waals surface area contributed by atoms with Gasteiger partial charge in [-0.2, -0.15) is 13.2 Å². The zero-order chi connectivity index (χ0) is 16.4.